The van der Waals surface area contributed by atoms with Crippen LogP contribution in [-0.4, -0.2) is 66.8 Å². The lowest BCUT2D eigenvalue weighted by molar-refractivity contribution is -0.274. The SMILES string of the molecule is Cc1ncc(C(Cc2ccc(C#N)cc2)N2CCN(C(=O)OCc3ccccc3OS(=O)(=O)OC(F)(F)F)CC2)[nH]1. The Labute approximate surface area is 234 Å². The molecule has 0 aliphatic carbocycles. The molecular weight excluding hydrogens is 567 g/mol. The minimum absolute atomic E-state index is 0.0333. The van der Waals surface area contributed by atoms with Crippen LogP contribution in [0.3, 0.4) is 0 Å². The van der Waals surface area contributed by atoms with Gasteiger partial charge in [0.25, 0.3) is 0 Å². The van der Waals surface area contributed by atoms with Crippen LogP contribution in [0.5, 0.6) is 5.75 Å². The first-order valence-corrected chi connectivity index (χ1v) is 13.7. The number of amides is 1. The summed E-state index contributed by atoms with van der Waals surface area (Å²) >= 11 is 0. The number of aryl methyl sites for hydroxylation is 1. The van der Waals surface area contributed by atoms with E-state index in [0.29, 0.717) is 38.2 Å². The highest BCUT2D eigenvalue weighted by Gasteiger charge is 2.38. The number of halogens is 3. The molecule has 2 heterocycles. The number of nitriles is 1. The van der Waals surface area contributed by atoms with Gasteiger partial charge in [0, 0.05) is 37.9 Å². The first-order chi connectivity index (χ1) is 19.4. The quantitative estimate of drug-likeness (QED) is 0.390. The van der Waals surface area contributed by atoms with Crippen molar-refractivity contribution in [1.82, 2.24) is 19.8 Å². The number of hydrogen-bond donors (Lipinski definition) is 1. The molecule has 1 aliphatic heterocycles. The lowest BCUT2D eigenvalue weighted by atomic mass is 10.0. The molecule has 3 aromatic rings. The van der Waals surface area contributed by atoms with Crippen LogP contribution in [0, 0.1) is 18.3 Å². The zero-order chi connectivity index (χ0) is 29.6. The molecular formula is C26H26F3N5O6S. The Bertz CT molecular complexity index is 1500. The molecule has 41 heavy (non-hydrogen) atoms. The number of imidazole rings is 1. The van der Waals surface area contributed by atoms with Crippen LogP contribution in [0.4, 0.5) is 18.0 Å². The summed E-state index contributed by atoms with van der Waals surface area (Å²) in [5, 5.41) is 9.08. The van der Waals surface area contributed by atoms with Gasteiger partial charge < -0.3 is 18.8 Å². The number of piperazine rings is 1. The molecule has 218 valence electrons. The molecule has 1 amide bonds. The molecule has 1 aromatic heterocycles. The summed E-state index contributed by atoms with van der Waals surface area (Å²) in [7, 11) is -5.44. The third kappa shape index (κ3) is 8.43. The van der Waals surface area contributed by atoms with Crippen LogP contribution >= 0.6 is 0 Å². The second-order valence-electron chi connectivity index (χ2n) is 9.16. The van der Waals surface area contributed by atoms with Gasteiger partial charge in [-0.3, -0.25) is 4.90 Å². The van der Waals surface area contributed by atoms with E-state index in [1.807, 2.05) is 19.1 Å². The van der Waals surface area contributed by atoms with Gasteiger partial charge in [0.15, 0.2) is 5.75 Å². The topological polar surface area (TPSA) is 138 Å². The Morgan fingerprint density at radius 3 is 2.41 bits per heavy atom. The van der Waals surface area contributed by atoms with Gasteiger partial charge in [0.2, 0.25) is 0 Å². The smallest absolute Gasteiger partial charge is 0.444 e. The molecule has 2 aromatic carbocycles. The fourth-order valence-corrected chi connectivity index (χ4v) is 5.03. The third-order valence-electron chi connectivity index (χ3n) is 6.32. The number of H-pyrrole nitrogens is 1. The number of nitrogens with one attached hydrogen (secondary N) is 1. The van der Waals surface area contributed by atoms with Crippen LogP contribution in [0.1, 0.15) is 34.3 Å². The molecule has 1 unspecified atom stereocenters. The Hall–Kier alpha value is -4.13. The number of nitrogens with zero attached hydrogens (tertiary/aromatic N) is 4. The number of rotatable bonds is 9. The first kappa shape index (κ1) is 29.8. The summed E-state index contributed by atoms with van der Waals surface area (Å²) in [6, 6.07) is 14.7. The number of benzene rings is 2. The van der Waals surface area contributed by atoms with E-state index in [0.717, 1.165) is 23.1 Å². The maximum atomic E-state index is 12.8. The van der Waals surface area contributed by atoms with Gasteiger partial charge in [-0.25, -0.2) is 9.78 Å². The molecule has 0 saturated carbocycles. The Kier molecular flexibility index (Phi) is 9.16. The fraction of sp³-hybridized carbons (Fsp3) is 0.346. The van der Waals surface area contributed by atoms with Crippen molar-refractivity contribution in [1.29, 1.82) is 5.26 Å². The van der Waals surface area contributed by atoms with Crippen molar-refractivity contribution in [3.63, 3.8) is 0 Å². The summed E-state index contributed by atoms with van der Waals surface area (Å²) < 4.78 is 73.0. The number of aromatic amines is 1. The monoisotopic (exact) mass is 593 g/mol. The molecule has 0 spiro atoms. The number of para-hydroxylation sites is 1. The van der Waals surface area contributed by atoms with Crippen LogP contribution in [-0.2, 0) is 32.3 Å². The second-order valence-corrected chi connectivity index (χ2v) is 10.3. The van der Waals surface area contributed by atoms with Crippen molar-refractivity contribution in [2.75, 3.05) is 26.2 Å². The number of carbonyl (C=O) groups excluding carboxylic acids is 1. The molecule has 1 saturated heterocycles. The van der Waals surface area contributed by atoms with Crippen molar-refractivity contribution in [2.24, 2.45) is 0 Å². The average molecular weight is 594 g/mol. The van der Waals surface area contributed by atoms with Crippen LogP contribution in [0.2, 0.25) is 0 Å². The largest absolute Gasteiger partial charge is 0.539 e. The number of hydrogen-bond acceptors (Lipinski definition) is 9. The van der Waals surface area contributed by atoms with Crippen molar-refractivity contribution < 1.29 is 39.5 Å². The molecule has 11 nitrogen and oxygen atoms in total. The highest BCUT2D eigenvalue weighted by molar-refractivity contribution is 7.82. The molecule has 1 atom stereocenters. The number of alkyl halides is 3. The highest BCUT2D eigenvalue weighted by atomic mass is 32.3. The third-order valence-corrected chi connectivity index (χ3v) is 7.10. The summed E-state index contributed by atoms with van der Waals surface area (Å²) in [5.41, 5.74) is 2.56. The van der Waals surface area contributed by atoms with Gasteiger partial charge in [0.1, 0.15) is 12.4 Å². The van der Waals surface area contributed by atoms with Gasteiger partial charge in [0.05, 0.1) is 23.4 Å². The number of aromatic nitrogens is 2. The van der Waals surface area contributed by atoms with E-state index >= 15 is 0 Å². The van der Waals surface area contributed by atoms with Crippen molar-refractivity contribution >= 4 is 16.5 Å². The predicted octanol–water partition coefficient (Wildman–Crippen LogP) is 3.99. The van der Waals surface area contributed by atoms with Gasteiger partial charge in [-0.2, -0.15) is 13.7 Å². The van der Waals surface area contributed by atoms with E-state index in [1.165, 1.54) is 23.1 Å². The summed E-state index contributed by atoms with van der Waals surface area (Å²) in [5.74, 6) is 0.309. The standard InChI is InChI=1S/C26H26F3N5O6S/c1-18-31-16-22(32-18)23(14-19-6-8-20(15-30)9-7-19)33-10-12-34(13-11-33)25(35)38-17-21-4-2-3-5-24(21)39-41(36,37)40-26(27,28)29/h2-9,16,23H,10-14,17H2,1H3,(H,31,32). The van der Waals surface area contributed by atoms with Gasteiger partial charge >= 0.3 is 22.9 Å². The van der Waals surface area contributed by atoms with Crippen LogP contribution in [0.15, 0.2) is 54.7 Å². The Morgan fingerprint density at radius 2 is 1.80 bits per heavy atom. The minimum atomic E-state index is -5.46. The van der Waals surface area contributed by atoms with Crippen molar-refractivity contribution in [3.05, 3.63) is 82.9 Å². The number of carbonyl (C=O) groups is 1. The maximum Gasteiger partial charge on any atom is 0.539 e. The average Bonchev–Trinajstić information content (AvgIpc) is 3.35. The summed E-state index contributed by atoms with van der Waals surface area (Å²) in [6.07, 6.45) is -3.70. The zero-order valence-corrected chi connectivity index (χ0v) is 22.6. The molecule has 1 aliphatic rings. The van der Waals surface area contributed by atoms with Crippen molar-refractivity contribution in [2.45, 2.75) is 32.4 Å². The van der Waals surface area contributed by atoms with E-state index in [2.05, 4.69) is 29.3 Å². The molecule has 4 rings (SSSR count). The summed E-state index contributed by atoms with van der Waals surface area (Å²) in [6.45, 7) is 3.12. The second kappa shape index (κ2) is 12.6. The zero-order valence-electron chi connectivity index (χ0n) is 21.8. The molecule has 1 fully saturated rings. The Balaban J connectivity index is 1.36. The van der Waals surface area contributed by atoms with E-state index in [9.17, 15) is 26.4 Å². The lowest BCUT2D eigenvalue weighted by Gasteiger charge is -2.38. The fourth-order valence-electron chi connectivity index (χ4n) is 4.38. The first-order valence-electron chi connectivity index (χ1n) is 12.4. The lowest BCUT2D eigenvalue weighted by Crippen LogP contribution is -2.50. The minimum Gasteiger partial charge on any atom is -0.444 e. The van der Waals surface area contributed by atoms with Gasteiger partial charge in [-0.15, -0.1) is 17.4 Å². The van der Waals surface area contributed by atoms with Gasteiger partial charge in [-0.05, 0) is 37.1 Å². The summed E-state index contributed by atoms with van der Waals surface area (Å²) in [4.78, 5) is 24.1. The molecule has 15 heteroatoms. The normalized spacial score (nSPS) is 15.2. The molecule has 0 radical (unpaired) electrons. The molecule has 0 bridgehead atoms. The number of ether oxygens (including phenoxy) is 1. The van der Waals surface area contributed by atoms with E-state index in [1.54, 1.807) is 18.3 Å². The van der Waals surface area contributed by atoms with Crippen LogP contribution < -0.4 is 4.18 Å². The predicted molar refractivity (Wildman–Crippen MR) is 137 cm³/mol. The molecule has 1 N–H and O–H groups in total. The Morgan fingerprint density at radius 1 is 1.12 bits per heavy atom. The van der Waals surface area contributed by atoms with Crippen molar-refractivity contribution in [3.8, 4) is 11.8 Å². The van der Waals surface area contributed by atoms with E-state index in [-0.39, 0.29) is 11.6 Å². The highest BCUT2D eigenvalue weighted by Crippen LogP contribution is 2.27. The van der Waals surface area contributed by atoms with E-state index in [4.69, 9.17) is 10.00 Å². The van der Waals surface area contributed by atoms with E-state index < -0.39 is 35.2 Å². The van der Waals surface area contributed by atoms with Crippen LogP contribution in [0.25, 0.3) is 0 Å². The maximum absolute atomic E-state index is 12.8. The van der Waals surface area contributed by atoms with Gasteiger partial charge in [-0.1, -0.05) is 30.3 Å².